The predicted octanol–water partition coefficient (Wildman–Crippen LogP) is 4.13. The van der Waals surface area contributed by atoms with Gasteiger partial charge in [-0.15, -0.1) is 0 Å². The molecule has 4 nitrogen and oxygen atoms in total. The van der Waals surface area contributed by atoms with Gasteiger partial charge in [0.1, 0.15) is 0 Å². The van der Waals surface area contributed by atoms with Crippen LogP contribution in [-0.2, 0) is 0 Å². The van der Waals surface area contributed by atoms with E-state index in [0.717, 1.165) is 24.7 Å². The minimum Gasteiger partial charge on any atom is -0.339 e. The topological polar surface area (TPSA) is 64.9 Å². The van der Waals surface area contributed by atoms with Gasteiger partial charge in [-0.05, 0) is 38.1 Å². The summed E-state index contributed by atoms with van der Waals surface area (Å²) in [4.78, 5) is 4.79. The molecule has 1 heterocycles. The Balaban J connectivity index is 1.69. The third kappa shape index (κ3) is 3.65. The molecular weight excluding hydrogens is 262 g/mol. The van der Waals surface area contributed by atoms with E-state index in [1.165, 1.54) is 64.2 Å². The van der Waals surface area contributed by atoms with Crippen LogP contribution in [0.5, 0.6) is 0 Å². The van der Waals surface area contributed by atoms with E-state index in [1.54, 1.807) is 0 Å². The Hall–Kier alpha value is -0.900. The van der Waals surface area contributed by atoms with Crippen molar-refractivity contribution in [2.45, 2.75) is 82.5 Å². The molecule has 1 aromatic heterocycles. The lowest BCUT2D eigenvalue weighted by atomic mass is 9.79. The summed E-state index contributed by atoms with van der Waals surface area (Å²) < 4.78 is 5.64. The summed E-state index contributed by atoms with van der Waals surface area (Å²) in [6, 6.07) is 0. The van der Waals surface area contributed by atoms with E-state index in [4.69, 9.17) is 15.2 Å². The van der Waals surface area contributed by atoms with Gasteiger partial charge in [0, 0.05) is 11.8 Å². The summed E-state index contributed by atoms with van der Waals surface area (Å²) in [5, 5.41) is 4.33. The zero-order valence-corrected chi connectivity index (χ0v) is 13.1. The maximum absolute atomic E-state index is 5.93. The second-order valence-corrected chi connectivity index (χ2v) is 6.92. The van der Waals surface area contributed by atoms with E-state index in [2.05, 4.69) is 5.16 Å². The van der Waals surface area contributed by atoms with Crippen LogP contribution in [0.2, 0.25) is 0 Å². The summed E-state index contributed by atoms with van der Waals surface area (Å²) in [6.45, 7) is 0.742. The average Bonchev–Trinajstić information content (AvgIpc) is 2.96. The summed E-state index contributed by atoms with van der Waals surface area (Å²) in [6.07, 6.45) is 14.1. The molecule has 3 rings (SSSR count). The molecule has 0 amide bonds. The van der Waals surface area contributed by atoms with E-state index in [0.29, 0.717) is 17.8 Å². The molecule has 2 fully saturated rings. The van der Waals surface area contributed by atoms with Crippen molar-refractivity contribution in [3.8, 4) is 0 Å². The van der Waals surface area contributed by atoms with Crippen LogP contribution in [0.1, 0.15) is 94.2 Å². The number of nitrogens with two attached hydrogens (primary N) is 1. The van der Waals surface area contributed by atoms with Crippen LogP contribution in [0, 0.1) is 5.92 Å². The SMILES string of the molecule is NCC1CCCCC1c1nc(C2CCCCCCC2)no1. The minimum absolute atomic E-state index is 0.401. The Morgan fingerprint density at radius 1 is 0.905 bits per heavy atom. The molecule has 0 aromatic carbocycles. The Labute approximate surface area is 127 Å². The number of hydrogen-bond acceptors (Lipinski definition) is 4. The van der Waals surface area contributed by atoms with E-state index >= 15 is 0 Å². The van der Waals surface area contributed by atoms with Crippen molar-refractivity contribution < 1.29 is 4.52 Å². The lowest BCUT2D eigenvalue weighted by Crippen LogP contribution is -2.25. The quantitative estimate of drug-likeness (QED) is 0.909. The van der Waals surface area contributed by atoms with Crippen LogP contribution in [-0.4, -0.2) is 16.7 Å². The zero-order chi connectivity index (χ0) is 14.5. The molecule has 118 valence electrons. The molecule has 2 atom stereocenters. The zero-order valence-electron chi connectivity index (χ0n) is 13.1. The van der Waals surface area contributed by atoms with E-state index in [9.17, 15) is 0 Å². The molecule has 2 saturated carbocycles. The number of hydrogen-bond donors (Lipinski definition) is 1. The lowest BCUT2D eigenvalue weighted by Gasteiger charge is -2.27. The van der Waals surface area contributed by atoms with Crippen molar-refractivity contribution in [3.05, 3.63) is 11.7 Å². The first kappa shape index (κ1) is 15.0. The monoisotopic (exact) mass is 291 g/mol. The van der Waals surface area contributed by atoms with Crippen molar-refractivity contribution in [2.75, 3.05) is 6.54 Å². The molecule has 2 aliphatic carbocycles. The third-order valence-corrected chi connectivity index (χ3v) is 5.46. The summed E-state index contributed by atoms with van der Waals surface area (Å²) in [5.41, 5.74) is 5.93. The molecular formula is C17H29N3O. The average molecular weight is 291 g/mol. The second kappa shape index (κ2) is 7.39. The van der Waals surface area contributed by atoms with Gasteiger partial charge in [0.05, 0.1) is 0 Å². The molecule has 0 aliphatic heterocycles. The minimum atomic E-state index is 0.401. The first-order valence-corrected chi connectivity index (χ1v) is 8.92. The van der Waals surface area contributed by atoms with Gasteiger partial charge in [-0.25, -0.2) is 0 Å². The maximum Gasteiger partial charge on any atom is 0.230 e. The molecule has 21 heavy (non-hydrogen) atoms. The molecule has 2 N–H and O–H groups in total. The van der Waals surface area contributed by atoms with Crippen molar-refractivity contribution in [3.63, 3.8) is 0 Å². The van der Waals surface area contributed by atoms with Gasteiger partial charge < -0.3 is 10.3 Å². The Morgan fingerprint density at radius 2 is 1.57 bits per heavy atom. The standard InChI is InChI=1S/C17H29N3O/c18-12-14-10-6-7-11-15(14)17-19-16(20-21-17)13-8-4-2-1-3-5-9-13/h13-15H,1-12,18H2. The van der Waals surface area contributed by atoms with Gasteiger partial charge in [0.25, 0.3) is 0 Å². The van der Waals surface area contributed by atoms with Gasteiger partial charge in [-0.2, -0.15) is 4.98 Å². The highest BCUT2D eigenvalue weighted by atomic mass is 16.5. The molecule has 1 aromatic rings. The van der Waals surface area contributed by atoms with Gasteiger partial charge in [0.15, 0.2) is 5.82 Å². The normalized spacial score (nSPS) is 29.0. The highest BCUT2D eigenvalue weighted by Crippen LogP contribution is 2.37. The molecule has 0 spiro atoms. The first-order valence-electron chi connectivity index (χ1n) is 8.92. The molecule has 2 aliphatic rings. The van der Waals surface area contributed by atoms with Crippen LogP contribution in [0.15, 0.2) is 4.52 Å². The fourth-order valence-electron chi connectivity index (χ4n) is 4.09. The van der Waals surface area contributed by atoms with Gasteiger partial charge in [-0.1, -0.05) is 50.1 Å². The largest absolute Gasteiger partial charge is 0.339 e. The Kier molecular flexibility index (Phi) is 5.28. The van der Waals surface area contributed by atoms with Crippen molar-refractivity contribution in [1.82, 2.24) is 10.1 Å². The van der Waals surface area contributed by atoms with Crippen molar-refractivity contribution >= 4 is 0 Å². The number of rotatable bonds is 3. The van der Waals surface area contributed by atoms with E-state index in [1.807, 2.05) is 0 Å². The van der Waals surface area contributed by atoms with Crippen molar-refractivity contribution in [2.24, 2.45) is 11.7 Å². The predicted molar refractivity (Wildman–Crippen MR) is 83.1 cm³/mol. The van der Waals surface area contributed by atoms with Crippen LogP contribution in [0.25, 0.3) is 0 Å². The highest BCUT2D eigenvalue weighted by Gasteiger charge is 2.31. The number of aromatic nitrogens is 2. The molecule has 4 heteroatoms. The summed E-state index contributed by atoms with van der Waals surface area (Å²) in [7, 11) is 0. The first-order chi connectivity index (χ1) is 10.4. The Bertz CT molecular complexity index is 423. The van der Waals surface area contributed by atoms with Crippen LogP contribution < -0.4 is 5.73 Å². The van der Waals surface area contributed by atoms with Gasteiger partial charge in [0.2, 0.25) is 5.89 Å². The van der Waals surface area contributed by atoms with Gasteiger partial charge in [-0.3, -0.25) is 0 Å². The smallest absolute Gasteiger partial charge is 0.230 e. The highest BCUT2D eigenvalue weighted by molar-refractivity contribution is 5.02. The fourth-order valence-corrected chi connectivity index (χ4v) is 4.09. The number of nitrogens with zero attached hydrogens (tertiary/aromatic N) is 2. The van der Waals surface area contributed by atoms with E-state index in [-0.39, 0.29) is 0 Å². The van der Waals surface area contributed by atoms with Crippen LogP contribution >= 0.6 is 0 Å². The van der Waals surface area contributed by atoms with E-state index < -0.39 is 0 Å². The van der Waals surface area contributed by atoms with Crippen LogP contribution in [0.3, 0.4) is 0 Å². The lowest BCUT2D eigenvalue weighted by molar-refractivity contribution is 0.248. The van der Waals surface area contributed by atoms with Gasteiger partial charge >= 0.3 is 0 Å². The fraction of sp³-hybridized carbons (Fsp3) is 0.882. The maximum atomic E-state index is 5.93. The molecule has 2 unspecified atom stereocenters. The summed E-state index contributed by atoms with van der Waals surface area (Å²) >= 11 is 0. The van der Waals surface area contributed by atoms with Crippen LogP contribution in [0.4, 0.5) is 0 Å². The van der Waals surface area contributed by atoms with Crippen molar-refractivity contribution in [1.29, 1.82) is 0 Å². The molecule has 0 bridgehead atoms. The molecule has 0 saturated heterocycles. The third-order valence-electron chi connectivity index (χ3n) is 5.46. The second-order valence-electron chi connectivity index (χ2n) is 6.92. The summed E-state index contributed by atoms with van der Waals surface area (Å²) in [5.74, 6) is 3.28. The molecule has 0 radical (unpaired) electrons. The Morgan fingerprint density at radius 3 is 2.33 bits per heavy atom.